The summed E-state index contributed by atoms with van der Waals surface area (Å²) in [6.07, 6.45) is 0. The quantitative estimate of drug-likeness (QED) is 0.741. The second-order valence-electron chi connectivity index (χ2n) is 2.55. The third-order valence-electron chi connectivity index (χ3n) is 1.66. The molecule has 0 bridgehead atoms. The van der Waals surface area contributed by atoms with E-state index in [1.54, 1.807) is 0 Å². The maximum absolute atomic E-state index is 5.50. The van der Waals surface area contributed by atoms with Crippen LogP contribution >= 0.6 is 0 Å². The van der Waals surface area contributed by atoms with Crippen molar-refractivity contribution in [1.82, 2.24) is 0 Å². The van der Waals surface area contributed by atoms with Gasteiger partial charge in [-0.25, -0.2) is 0 Å². The Bertz CT molecular complexity index is 198. The van der Waals surface area contributed by atoms with Crippen LogP contribution in [0.15, 0.2) is 30.3 Å². The van der Waals surface area contributed by atoms with Crippen LogP contribution in [0.5, 0.6) is 0 Å². The molecule has 0 amide bonds. The summed E-state index contributed by atoms with van der Waals surface area (Å²) in [7, 11) is 0. The van der Waals surface area contributed by atoms with Gasteiger partial charge in [-0.15, -0.1) is 0 Å². The summed E-state index contributed by atoms with van der Waals surface area (Å²) in [5, 5.41) is 1.22. The average Bonchev–Trinajstić information content (AvgIpc) is 2.07. The van der Waals surface area contributed by atoms with Gasteiger partial charge < -0.3 is 0 Å². The van der Waals surface area contributed by atoms with Crippen LogP contribution in [0.2, 0.25) is 10.9 Å². The predicted octanol–water partition coefficient (Wildman–Crippen LogP) is 0.977. The molecule has 2 heteroatoms. The molecule has 0 spiro atoms. The zero-order valence-electron chi connectivity index (χ0n) is 6.83. The van der Waals surface area contributed by atoms with Gasteiger partial charge in [0.05, 0.1) is 0 Å². The summed E-state index contributed by atoms with van der Waals surface area (Å²) < 4.78 is 1.53. The van der Waals surface area contributed by atoms with Gasteiger partial charge in [-0.3, -0.25) is 0 Å². The van der Waals surface area contributed by atoms with E-state index in [-0.39, 0.29) is 0 Å². The molecule has 0 aromatic heterocycles. The number of hydrogen-bond donors (Lipinski definition) is 1. The van der Waals surface area contributed by atoms with Gasteiger partial charge in [-0.1, -0.05) is 0 Å². The van der Waals surface area contributed by atoms with Gasteiger partial charge in [0, 0.05) is 0 Å². The molecule has 0 aliphatic rings. The molecule has 0 aliphatic heterocycles. The number of hydrogen-bond acceptors (Lipinski definition) is 1. The number of benzene rings is 1. The summed E-state index contributed by atoms with van der Waals surface area (Å²) in [6, 6.07) is 10.7. The molecule has 2 N–H and O–H groups in total. The Morgan fingerprint density at radius 1 is 1.27 bits per heavy atom. The Kier molecular flexibility index (Phi) is 3.68. The molecule has 1 aromatic carbocycles. The molecule has 1 rings (SSSR count). The van der Waals surface area contributed by atoms with Crippen molar-refractivity contribution < 1.29 is 0 Å². The van der Waals surface area contributed by atoms with Crippen LogP contribution in [-0.4, -0.2) is 21.2 Å². The first-order chi connectivity index (χ1) is 5.34. The van der Waals surface area contributed by atoms with Gasteiger partial charge in [-0.2, -0.15) is 0 Å². The molecule has 1 aromatic rings. The van der Waals surface area contributed by atoms with E-state index in [0.717, 1.165) is 6.54 Å². The van der Waals surface area contributed by atoms with Gasteiger partial charge in [0.25, 0.3) is 0 Å². The van der Waals surface area contributed by atoms with Gasteiger partial charge in [0.1, 0.15) is 0 Å². The normalized spacial score (nSPS) is 12.9. The van der Waals surface area contributed by atoms with Crippen LogP contribution in [0, 0.1) is 0 Å². The fourth-order valence-corrected chi connectivity index (χ4v) is 3.79. The fourth-order valence-electron chi connectivity index (χ4n) is 1.01. The van der Waals surface area contributed by atoms with Gasteiger partial charge >= 0.3 is 72.5 Å². The first kappa shape index (κ1) is 8.83. The minimum absolute atomic E-state index is 0.750. The van der Waals surface area contributed by atoms with E-state index in [2.05, 4.69) is 36.0 Å². The van der Waals surface area contributed by atoms with E-state index in [1.807, 2.05) is 0 Å². The molecule has 0 radical (unpaired) electrons. The first-order valence-electron chi connectivity index (χ1n) is 3.81. The SMILES string of the molecule is C[As](CCN)c1ccccc1. The van der Waals surface area contributed by atoms with Gasteiger partial charge in [-0.05, 0) is 0 Å². The van der Waals surface area contributed by atoms with Crippen molar-refractivity contribution in [2.24, 2.45) is 5.73 Å². The Balaban J connectivity index is 2.61. The summed E-state index contributed by atoms with van der Waals surface area (Å²) in [4.78, 5) is 0. The molecule has 1 unspecified atom stereocenters. The Hall–Kier alpha value is -0.262. The van der Waals surface area contributed by atoms with Crippen molar-refractivity contribution in [2.75, 3.05) is 6.54 Å². The standard InChI is InChI=1S/C9H14AsN/c1-10(7-8-11)9-5-3-2-4-6-9/h2-6H,7-8,11H2,1H3. The third kappa shape index (κ3) is 2.68. The Morgan fingerprint density at radius 3 is 2.45 bits per heavy atom. The second-order valence-corrected chi connectivity index (χ2v) is 7.50. The van der Waals surface area contributed by atoms with Crippen molar-refractivity contribution in [1.29, 1.82) is 0 Å². The second kappa shape index (κ2) is 4.58. The molecule has 1 atom stereocenters. The molecular formula is C9H14AsN. The minimum atomic E-state index is -0.750. The molecule has 0 aliphatic carbocycles. The van der Waals surface area contributed by atoms with Crippen molar-refractivity contribution in [3.05, 3.63) is 30.3 Å². The maximum atomic E-state index is 5.50. The van der Waals surface area contributed by atoms with E-state index in [9.17, 15) is 0 Å². The monoisotopic (exact) mass is 211 g/mol. The summed E-state index contributed by atoms with van der Waals surface area (Å²) >= 11 is -0.750. The first-order valence-corrected chi connectivity index (χ1v) is 7.95. The van der Waals surface area contributed by atoms with Crippen LogP contribution in [-0.2, 0) is 0 Å². The van der Waals surface area contributed by atoms with E-state index in [0.29, 0.717) is 0 Å². The Labute approximate surface area is 72.9 Å². The molecule has 11 heavy (non-hydrogen) atoms. The van der Waals surface area contributed by atoms with Crippen molar-refractivity contribution >= 4 is 19.0 Å². The number of rotatable bonds is 3. The van der Waals surface area contributed by atoms with Crippen molar-refractivity contribution in [3.8, 4) is 0 Å². The van der Waals surface area contributed by atoms with E-state index < -0.39 is 14.7 Å². The van der Waals surface area contributed by atoms with Gasteiger partial charge in [0.2, 0.25) is 0 Å². The summed E-state index contributed by atoms with van der Waals surface area (Å²) in [5.41, 5.74) is 7.86. The molecule has 0 heterocycles. The molecule has 1 nitrogen and oxygen atoms in total. The topological polar surface area (TPSA) is 26.0 Å². The van der Waals surface area contributed by atoms with E-state index in [4.69, 9.17) is 5.73 Å². The fraction of sp³-hybridized carbons (Fsp3) is 0.333. The summed E-state index contributed by atoms with van der Waals surface area (Å²) in [6.45, 7) is 0.839. The van der Waals surface area contributed by atoms with Gasteiger partial charge in [0.15, 0.2) is 0 Å². The zero-order valence-corrected chi connectivity index (χ0v) is 8.70. The van der Waals surface area contributed by atoms with E-state index >= 15 is 0 Å². The molecule has 0 saturated heterocycles. The summed E-state index contributed by atoms with van der Waals surface area (Å²) in [5.74, 6) is 0. The van der Waals surface area contributed by atoms with Crippen LogP contribution in [0.4, 0.5) is 0 Å². The van der Waals surface area contributed by atoms with Crippen molar-refractivity contribution in [2.45, 2.75) is 10.9 Å². The molecular weight excluding hydrogens is 197 g/mol. The molecule has 0 fully saturated rings. The zero-order chi connectivity index (χ0) is 8.10. The average molecular weight is 211 g/mol. The Morgan fingerprint density at radius 2 is 1.91 bits per heavy atom. The molecule has 0 saturated carbocycles. The van der Waals surface area contributed by atoms with Crippen LogP contribution in [0.3, 0.4) is 0 Å². The van der Waals surface area contributed by atoms with Crippen LogP contribution < -0.4 is 10.1 Å². The predicted molar refractivity (Wildman–Crippen MR) is 51.6 cm³/mol. The number of nitrogens with two attached hydrogens (primary N) is 1. The third-order valence-corrected chi connectivity index (χ3v) is 6.09. The van der Waals surface area contributed by atoms with Crippen LogP contribution in [0.25, 0.3) is 0 Å². The molecule has 60 valence electrons. The van der Waals surface area contributed by atoms with E-state index in [1.165, 1.54) is 9.56 Å². The van der Waals surface area contributed by atoms with Crippen molar-refractivity contribution in [3.63, 3.8) is 0 Å². The van der Waals surface area contributed by atoms with Crippen LogP contribution in [0.1, 0.15) is 0 Å².